The Balaban J connectivity index is 2.01. The highest BCUT2D eigenvalue weighted by molar-refractivity contribution is 7.92. The van der Waals surface area contributed by atoms with Crippen molar-refractivity contribution in [2.45, 2.75) is 50.6 Å². The van der Waals surface area contributed by atoms with Gasteiger partial charge in [-0.2, -0.15) is 0 Å². The standard InChI is InChI=1S/C30H36ClN3O5S/c1-4-6-20-32-30(36)28(5-2)33(21-23-12-18-26(39-3)19-13-23)29(35)22-34(25-16-14-24(31)15-17-25)40(37,38)27-10-8-7-9-11-27/h7-19,28H,4-6,20-22H2,1-3H3,(H,32,36). The van der Waals surface area contributed by atoms with Gasteiger partial charge in [0.15, 0.2) is 0 Å². The third-order valence-electron chi connectivity index (χ3n) is 6.45. The number of halogens is 1. The molecule has 0 fully saturated rings. The number of anilines is 1. The van der Waals surface area contributed by atoms with Gasteiger partial charge in [0.1, 0.15) is 18.3 Å². The zero-order chi connectivity index (χ0) is 29.1. The van der Waals surface area contributed by atoms with Gasteiger partial charge in [0.2, 0.25) is 11.8 Å². The normalized spacial score (nSPS) is 11.9. The zero-order valence-corrected chi connectivity index (χ0v) is 24.6. The molecule has 8 nitrogen and oxygen atoms in total. The second-order valence-electron chi connectivity index (χ2n) is 9.24. The summed E-state index contributed by atoms with van der Waals surface area (Å²) in [5.74, 6) is -0.126. The van der Waals surface area contributed by atoms with E-state index in [0.29, 0.717) is 23.7 Å². The number of unbranched alkanes of at least 4 members (excludes halogenated alkanes) is 1. The number of carbonyl (C=O) groups excluding carboxylic acids is 2. The summed E-state index contributed by atoms with van der Waals surface area (Å²) in [5, 5.41) is 3.36. The summed E-state index contributed by atoms with van der Waals surface area (Å²) < 4.78 is 33.9. The van der Waals surface area contributed by atoms with Crippen LogP contribution in [0.3, 0.4) is 0 Å². The smallest absolute Gasteiger partial charge is 0.264 e. The van der Waals surface area contributed by atoms with Crippen LogP contribution in [0.25, 0.3) is 0 Å². The molecule has 2 amide bonds. The summed E-state index contributed by atoms with van der Waals surface area (Å²) in [6.07, 6.45) is 2.08. The number of sulfonamides is 1. The Hall–Kier alpha value is -3.56. The molecule has 3 aromatic carbocycles. The fourth-order valence-electron chi connectivity index (χ4n) is 4.21. The lowest BCUT2D eigenvalue weighted by molar-refractivity contribution is -0.140. The van der Waals surface area contributed by atoms with E-state index < -0.39 is 28.5 Å². The van der Waals surface area contributed by atoms with Gasteiger partial charge >= 0.3 is 0 Å². The molecule has 0 spiro atoms. The highest BCUT2D eigenvalue weighted by atomic mass is 35.5. The lowest BCUT2D eigenvalue weighted by Gasteiger charge is -2.33. The topological polar surface area (TPSA) is 96.0 Å². The van der Waals surface area contributed by atoms with Crippen molar-refractivity contribution in [2.24, 2.45) is 0 Å². The molecule has 0 aliphatic rings. The minimum atomic E-state index is -4.12. The van der Waals surface area contributed by atoms with Crippen LogP contribution in [0, 0.1) is 0 Å². The molecule has 0 radical (unpaired) electrons. The summed E-state index contributed by atoms with van der Waals surface area (Å²) in [6.45, 7) is 3.96. The van der Waals surface area contributed by atoms with Crippen molar-refractivity contribution in [3.8, 4) is 5.75 Å². The fourth-order valence-corrected chi connectivity index (χ4v) is 5.77. The van der Waals surface area contributed by atoms with Crippen LogP contribution in [0.5, 0.6) is 5.75 Å². The molecule has 10 heteroatoms. The lowest BCUT2D eigenvalue weighted by atomic mass is 10.1. The van der Waals surface area contributed by atoms with Crippen LogP contribution in [0.15, 0.2) is 83.8 Å². The van der Waals surface area contributed by atoms with E-state index in [1.54, 1.807) is 61.7 Å². The molecule has 0 saturated carbocycles. The Kier molecular flexibility index (Phi) is 11.4. The molecule has 3 rings (SSSR count). The first kappa shape index (κ1) is 31.0. The van der Waals surface area contributed by atoms with Crippen molar-refractivity contribution in [3.05, 3.63) is 89.4 Å². The van der Waals surface area contributed by atoms with Gasteiger partial charge < -0.3 is 15.0 Å². The average Bonchev–Trinajstić information content (AvgIpc) is 2.97. The number of carbonyl (C=O) groups is 2. The predicted molar refractivity (Wildman–Crippen MR) is 158 cm³/mol. The average molecular weight is 586 g/mol. The van der Waals surface area contributed by atoms with Crippen molar-refractivity contribution in [3.63, 3.8) is 0 Å². The van der Waals surface area contributed by atoms with Gasteiger partial charge in [0.25, 0.3) is 10.0 Å². The maximum atomic E-state index is 14.0. The minimum Gasteiger partial charge on any atom is -0.497 e. The Morgan fingerprint density at radius 1 is 0.950 bits per heavy atom. The third-order valence-corrected chi connectivity index (χ3v) is 8.49. The van der Waals surface area contributed by atoms with E-state index >= 15 is 0 Å². The van der Waals surface area contributed by atoms with E-state index in [2.05, 4.69) is 5.32 Å². The molecule has 0 bridgehead atoms. The number of nitrogens with one attached hydrogen (secondary N) is 1. The third kappa shape index (κ3) is 7.99. The Labute approximate surface area is 241 Å². The highest BCUT2D eigenvalue weighted by Crippen LogP contribution is 2.26. The number of ether oxygens (including phenoxy) is 1. The van der Waals surface area contributed by atoms with Crippen molar-refractivity contribution >= 4 is 39.1 Å². The molecule has 1 N–H and O–H groups in total. The maximum Gasteiger partial charge on any atom is 0.264 e. The number of hydrogen-bond acceptors (Lipinski definition) is 5. The Morgan fingerprint density at radius 3 is 2.17 bits per heavy atom. The van der Waals surface area contributed by atoms with Crippen molar-refractivity contribution in [2.75, 3.05) is 24.5 Å². The summed E-state index contributed by atoms with van der Waals surface area (Å²) in [7, 11) is -2.56. The summed E-state index contributed by atoms with van der Waals surface area (Å²) in [6, 6.07) is 20.6. The number of hydrogen-bond donors (Lipinski definition) is 1. The molecule has 1 atom stereocenters. The molecule has 0 heterocycles. The molecular weight excluding hydrogens is 550 g/mol. The van der Waals surface area contributed by atoms with Crippen molar-refractivity contribution in [1.29, 1.82) is 0 Å². The summed E-state index contributed by atoms with van der Waals surface area (Å²) in [5.41, 5.74) is 1.06. The fraction of sp³-hybridized carbons (Fsp3) is 0.333. The van der Waals surface area contributed by atoms with Gasteiger partial charge in [0.05, 0.1) is 17.7 Å². The van der Waals surface area contributed by atoms with Gasteiger partial charge in [-0.1, -0.05) is 62.2 Å². The molecular formula is C30H36ClN3O5S. The van der Waals surface area contributed by atoms with Crippen molar-refractivity contribution < 1.29 is 22.7 Å². The van der Waals surface area contributed by atoms with Gasteiger partial charge in [-0.3, -0.25) is 13.9 Å². The van der Waals surface area contributed by atoms with E-state index in [-0.39, 0.29) is 23.0 Å². The van der Waals surface area contributed by atoms with Crippen LogP contribution in [0.4, 0.5) is 5.69 Å². The lowest BCUT2D eigenvalue weighted by Crippen LogP contribution is -2.52. The first-order valence-corrected chi connectivity index (χ1v) is 15.1. The molecule has 40 heavy (non-hydrogen) atoms. The van der Waals surface area contributed by atoms with Crippen LogP contribution >= 0.6 is 11.6 Å². The summed E-state index contributed by atoms with van der Waals surface area (Å²) >= 11 is 6.07. The van der Waals surface area contributed by atoms with E-state index in [4.69, 9.17) is 16.3 Å². The highest BCUT2D eigenvalue weighted by Gasteiger charge is 2.33. The van der Waals surface area contributed by atoms with Crippen LogP contribution in [-0.4, -0.2) is 51.4 Å². The van der Waals surface area contributed by atoms with E-state index in [0.717, 1.165) is 22.7 Å². The second-order valence-corrected chi connectivity index (χ2v) is 11.5. The van der Waals surface area contributed by atoms with Gasteiger partial charge in [-0.05, 0) is 66.9 Å². The van der Waals surface area contributed by atoms with Gasteiger partial charge in [-0.25, -0.2) is 8.42 Å². The monoisotopic (exact) mass is 585 g/mol. The quantitative estimate of drug-likeness (QED) is 0.260. The first-order chi connectivity index (χ1) is 19.2. The number of benzene rings is 3. The van der Waals surface area contributed by atoms with Crippen LogP contribution in [-0.2, 0) is 26.2 Å². The Bertz CT molecular complexity index is 1350. The predicted octanol–water partition coefficient (Wildman–Crippen LogP) is 5.27. The van der Waals surface area contributed by atoms with Crippen LogP contribution < -0.4 is 14.4 Å². The SMILES string of the molecule is CCCCNC(=O)C(CC)N(Cc1ccc(OC)cc1)C(=O)CN(c1ccc(Cl)cc1)S(=O)(=O)c1ccccc1. The van der Waals surface area contributed by atoms with E-state index in [9.17, 15) is 18.0 Å². The number of nitrogens with zero attached hydrogens (tertiary/aromatic N) is 2. The largest absolute Gasteiger partial charge is 0.497 e. The van der Waals surface area contributed by atoms with E-state index in [1.165, 1.54) is 17.0 Å². The molecule has 0 saturated heterocycles. The summed E-state index contributed by atoms with van der Waals surface area (Å²) in [4.78, 5) is 28.7. The molecule has 1 unspecified atom stereocenters. The minimum absolute atomic E-state index is 0.0452. The molecule has 0 aliphatic heterocycles. The second kappa shape index (κ2) is 14.7. The van der Waals surface area contributed by atoms with Crippen LogP contribution in [0.2, 0.25) is 5.02 Å². The Morgan fingerprint density at radius 2 is 1.60 bits per heavy atom. The van der Waals surface area contributed by atoms with Crippen molar-refractivity contribution in [1.82, 2.24) is 10.2 Å². The zero-order valence-electron chi connectivity index (χ0n) is 23.0. The number of amides is 2. The first-order valence-electron chi connectivity index (χ1n) is 13.2. The molecule has 0 aromatic heterocycles. The maximum absolute atomic E-state index is 14.0. The van der Waals surface area contributed by atoms with Gasteiger partial charge in [-0.15, -0.1) is 0 Å². The van der Waals surface area contributed by atoms with Gasteiger partial charge in [0, 0.05) is 18.1 Å². The molecule has 0 aliphatic carbocycles. The molecule has 214 valence electrons. The number of methoxy groups -OCH3 is 1. The van der Waals surface area contributed by atoms with E-state index in [1.807, 2.05) is 26.0 Å². The van der Waals surface area contributed by atoms with Crippen LogP contribution in [0.1, 0.15) is 38.7 Å². The number of rotatable bonds is 14. The molecule has 3 aromatic rings.